The van der Waals surface area contributed by atoms with Gasteiger partial charge >= 0.3 is 0 Å². The summed E-state index contributed by atoms with van der Waals surface area (Å²) in [5.74, 6) is 1.15. The highest BCUT2D eigenvalue weighted by atomic mass is 32.1. The number of benzene rings is 2. The molecular formula is C22H16N6O4S. The highest BCUT2D eigenvalue weighted by Crippen LogP contribution is 2.25. The minimum Gasteiger partial charge on any atom is -0.485 e. The molecule has 0 radical (unpaired) electrons. The topological polar surface area (TPSA) is 128 Å². The van der Waals surface area contributed by atoms with Crippen LogP contribution in [0.5, 0.6) is 5.75 Å². The number of aromatic amines is 1. The smallest absolute Gasteiger partial charge is 0.291 e. The van der Waals surface area contributed by atoms with Gasteiger partial charge in [-0.15, -0.1) is 5.10 Å². The van der Waals surface area contributed by atoms with Gasteiger partial charge in [0.05, 0.1) is 21.3 Å². The molecule has 0 fully saturated rings. The number of hydrogen-bond donors (Lipinski definition) is 1. The molecule has 0 unspecified atom stereocenters. The summed E-state index contributed by atoms with van der Waals surface area (Å²) in [7, 11) is 0. The van der Waals surface area contributed by atoms with Gasteiger partial charge in [-0.2, -0.15) is 14.6 Å². The van der Waals surface area contributed by atoms with Gasteiger partial charge < -0.3 is 4.74 Å². The van der Waals surface area contributed by atoms with Crippen LogP contribution in [0.3, 0.4) is 0 Å². The van der Waals surface area contributed by atoms with Crippen molar-refractivity contribution >= 4 is 28.1 Å². The Hall–Kier alpha value is -4.38. The van der Waals surface area contributed by atoms with Crippen LogP contribution in [0.25, 0.3) is 22.3 Å². The van der Waals surface area contributed by atoms with Crippen molar-refractivity contribution in [1.29, 1.82) is 0 Å². The van der Waals surface area contributed by atoms with Gasteiger partial charge in [0.1, 0.15) is 12.4 Å². The molecule has 0 atom stereocenters. The first-order valence-electron chi connectivity index (χ1n) is 9.86. The summed E-state index contributed by atoms with van der Waals surface area (Å²) in [4.78, 5) is 28.4. The van der Waals surface area contributed by atoms with Gasteiger partial charge in [0, 0.05) is 23.3 Å². The Bertz CT molecular complexity index is 1600. The fraction of sp³-hybridized carbons (Fsp3) is 0.0909. The van der Waals surface area contributed by atoms with Crippen molar-refractivity contribution in [3.05, 3.63) is 96.7 Å². The summed E-state index contributed by atoms with van der Waals surface area (Å²) in [6, 6.07) is 13.8. The lowest BCUT2D eigenvalue weighted by Gasteiger charge is -2.05. The third-order valence-electron chi connectivity index (χ3n) is 4.98. The van der Waals surface area contributed by atoms with Gasteiger partial charge in [-0.25, -0.2) is 0 Å². The minimum absolute atomic E-state index is 0.0307. The van der Waals surface area contributed by atoms with Crippen LogP contribution in [0.2, 0.25) is 0 Å². The molecule has 0 amide bonds. The predicted molar refractivity (Wildman–Crippen MR) is 122 cm³/mol. The first-order valence-corrected chi connectivity index (χ1v) is 10.7. The zero-order valence-electron chi connectivity index (χ0n) is 17.3. The molecule has 1 N–H and O–H groups in total. The number of nitrogens with zero attached hydrogens (tertiary/aromatic N) is 5. The highest BCUT2D eigenvalue weighted by Gasteiger charge is 2.14. The van der Waals surface area contributed by atoms with E-state index in [1.165, 1.54) is 28.0 Å². The quantitative estimate of drug-likeness (QED) is 0.305. The van der Waals surface area contributed by atoms with E-state index in [0.29, 0.717) is 32.1 Å². The Morgan fingerprint density at radius 1 is 1.24 bits per heavy atom. The molecule has 164 valence electrons. The molecule has 3 aromatic heterocycles. The van der Waals surface area contributed by atoms with Gasteiger partial charge in [-0.05, 0) is 24.6 Å². The van der Waals surface area contributed by atoms with Crippen molar-refractivity contribution in [1.82, 2.24) is 24.8 Å². The summed E-state index contributed by atoms with van der Waals surface area (Å²) < 4.78 is 7.44. The van der Waals surface area contributed by atoms with Gasteiger partial charge in [0.25, 0.3) is 11.2 Å². The molecule has 0 spiro atoms. The molecular weight excluding hydrogens is 444 g/mol. The van der Waals surface area contributed by atoms with Crippen molar-refractivity contribution in [3.8, 4) is 17.0 Å². The number of para-hydroxylation sites is 1. The second kappa shape index (κ2) is 8.28. The van der Waals surface area contributed by atoms with Crippen LogP contribution in [-0.4, -0.2) is 29.7 Å². The molecule has 11 heteroatoms. The van der Waals surface area contributed by atoms with Crippen LogP contribution in [0, 0.1) is 17.0 Å². The van der Waals surface area contributed by atoms with E-state index < -0.39 is 4.92 Å². The Morgan fingerprint density at radius 3 is 2.88 bits per heavy atom. The maximum Gasteiger partial charge on any atom is 0.291 e. The van der Waals surface area contributed by atoms with Gasteiger partial charge in [-0.1, -0.05) is 41.7 Å². The van der Waals surface area contributed by atoms with Crippen molar-refractivity contribution in [3.63, 3.8) is 0 Å². The van der Waals surface area contributed by atoms with Crippen molar-refractivity contribution < 1.29 is 9.66 Å². The van der Waals surface area contributed by atoms with Crippen LogP contribution < -0.4 is 14.8 Å². The molecule has 0 saturated carbocycles. The molecule has 0 aliphatic heterocycles. The number of nitro groups is 1. The van der Waals surface area contributed by atoms with Crippen LogP contribution >= 0.6 is 11.3 Å². The van der Waals surface area contributed by atoms with E-state index in [-0.39, 0.29) is 17.9 Å². The molecule has 5 rings (SSSR count). The zero-order chi connectivity index (χ0) is 22.9. The average Bonchev–Trinajstić information content (AvgIpc) is 3.51. The first kappa shape index (κ1) is 20.5. The summed E-state index contributed by atoms with van der Waals surface area (Å²) >= 11 is 1.20. The second-order valence-electron chi connectivity index (χ2n) is 7.20. The number of nitro benzene ring substituents is 1. The number of hydrogen-bond acceptors (Lipinski definition) is 8. The Labute approximate surface area is 189 Å². The van der Waals surface area contributed by atoms with E-state index in [9.17, 15) is 14.9 Å². The predicted octanol–water partition coefficient (Wildman–Crippen LogP) is 2.88. The molecule has 2 aromatic carbocycles. The standard InChI is InChI=1S/C22H16N6O4S/c1-13-5-2-3-8-17(13)32-12-19-24-22-27(26-19)21(29)18(33-22)10-15-11-23-25-20(15)14-6-4-7-16(9-14)28(30)31/h2-11H,12H2,1H3,(H,23,25)/b18-10-. The molecule has 0 aliphatic rings. The van der Waals surface area contributed by atoms with Crippen molar-refractivity contribution in [2.24, 2.45) is 0 Å². The second-order valence-corrected chi connectivity index (χ2v) is 8.21. The Kier molecular flexibility index (Phi) is 5.15. The number of H-pyrrole nitrogens is 1. The molecule has 0 saturated heterocycles. The number of non-ortho nitro benzene ring substituents is 1. The minimum atomic E-state index is -0.459. The fourth-order valence-electron chi connectivity index (χ4n) is 3.35. The fourth-order valence-corrected chi connectivity index (χ4v) is 4.27. The van der Waals surface area contributed by atoms with Crippen LogP contribution in [-0.2, 0) is 6.61 Å². The van der Waals surface area contributed by atoms with E-state index in [1.54, 1.807) is 24.4 Å². The van der Waals surface area contributed by atoms with Crippen LogP contribution in [0.1, 0.15) is 17.0 Å². The number of fused-ring (bicyclic) bond motifs is 1. The van der Waals surface area contributed by atoms with Crippen molar-refractivity contribution in [2.75, 3.05) is 0 Å². The largest absolute Gasteiger partial charge is 0.485 e. The maximum absolute atomic E-state index is 12.9. The number of ether oxygens (including phenoxy) is 1. The van der Waals surface area contributed by atoms with E-state index >= 15 is 0 Å². The zero-order valence-corrected chi connectivity index (χ0v) is 18.1. The molecule has 5 aromatic rings. The van der Waals surface area contributed by atoms with Gasteiger partial charge in [0.15, 0.2) is 5.82 Å². The monoisotopic (exact) mass is 460 g/mol. The third-order valence-corrected chi connectivity index (χ3v) is 5.94. The molecule has 0 aliphatic carbocycles. The Morgan fingerprint density at radius 2 is 2.09 bits per heavy atom. The molecule has 3 heterocycles. The molecule has 0 bridgehead atoms. The van der Waals surface area contributed by atoms with Crippen molar-refractivity contribution in [2.45, 2.75) is 13.5 Å². The number of nitrogens with one attached hydrogen (secondary N) is 1. The van der Waals surface area contributed by atoms with Crippen LogP contribution in [0.15, 0.2) is 59.5 Å². The summed E-state index contributed by atoms with van der Waals surface area (Å²) in [6.45, 7) is 2.10. The third kappa shape index (κ3) is 3.96. The summed E-state index contributed by atoms with van der Waals surface area (Å²) in [5, 5.41) is 22.3. The lowest BCUT2D eigenvalue weighted by molar-refractivity contribution is -0.384. The molecule has 10 nitrogen and oxygen atoms in total. The van der Waals surface area contributed by atoms with E-state index in [4.69, 9.17) is 4.74 Å². The first-order chi connectivity index (χ1) is 16.0. The van der Waals surface area contributed by atoms with Crippen LogP contribution in [0.4, 0.5) is 5.69 Å². The maximum atomic E-state index is 12.9. The number of thiazole rings is 1. The number of aryl methyl sites for hydroxylation is 1. The van der Waals surface area contributed by atoms with E-state index in [1.807, 2.05) is 31.2 Å². The Balaban J connectivity index is 1.45. The average molecular weight is 460 g/mol. The summed E-state index contributed by atoms with van der Waals surface area (Å²) in [6.07, 6.45) is 3.23. The molecule has 33 heavy (non-hydrogen) atoms. The van der Waals surface area contributed by atoms with E-state index in [0.717, 1.165) is 11.3 Å². The van der Waals surface area contributed by atoms with Gasteiger partial charge in [-0.3, -0.25) is 20.0 Å². The normalized spacial score (nSPS) is 11.8. The van der Waals surface area contributed by atoms with E-state index in [2.05, 4.69) is 20.3 Å². The number of aromatic nitrogens is 5. The summed E-state index contributed by atoms with van der Waals surface area (Å²) in [5.41, 5.74) is 2.45. The highest BCUT2D eigenvalue weighted by molar-refractivity contribution is 7.15. The number of rotatable bonds is 6. The van der Waals surface area contributed by atoms with Gasteiger partial charge in [0.2, 0.25) is 4.96 Å². The lowest BCUT2D eigenvalue weighted by Crippen LogP contribution is -2.24. The SMILES string of the molecule is Cc1ccccc1OCc1nc2s/c(=C\c3cn[nH]c3-c3cccc([N+](=O)[O-])c3)c(=O)n2n1. The lowest BCUT2D eigenvalue weighted by atomic mass is 10.1.